The molecule has 0 aliphatic carbocycles. The topological polar surface area (TPSA) is 94.6 Å². The Hall–Kier alpha value is -1.80. The standard InChI is InChI=1S/C28H42O7/c1-17(2)7-12-26(30)35-25-13-19(4)23(33-21(25)6)10-8-18(3)9-11-24-27(31)28(16-32-28)15-22(34-24)14-20(5)29/h7-9,11-12,17,19,21-25,27,31H,10,13-16H2,1-6H3/b11-9+,12-7-,18-8+/t19-,21+,22+,23-,24+,25+,27+,28+/m0/s1. The van der Waals surface area contributed by atoms with Gasteiger partial charge >= 0.3 is 5.97 Å². The molecule has 3 fully saturated rings. The van der Waals surface area contributed by atoms with Crippen LogP contribution in [-0.2, 0) is 28.5 Å². The van der Waals surface area contributed by atoms with E-state index < -0.39 is 17.8 Å². The monoisotopic (exact) mass is 490 g/mol. The van der Waals surface area contributed by atoms with E-state index in [2.05, 4.69) is 13.0 Å². The maximum atomic E-state index is 12.1. The summed E-state index contributed by atoms with van der Waals surface area (Å²) in [5, 5.41) is 10.7. The van der Waals surface area contributed by atoms with Crippen LogP contribution >= 0.6 is 0 Å². The third-order valence-electron chi connectivity index (χ3n) is 7.06. The predicted octanol–water partition coefficient (Wildman–Crippen LogP) is 4.08. The number of hydrogen-bond acceptors (Lipinski definition) is 7. The molecule has 3 heterocycles. The number of aliphatic hydroxyl groups excluding tert-OH is 1. The second kappa shape index (κ2) is 12.0. The van der Waals surface area contributed by atoms with E-state index in [-0.39, 0.29) is 42.1 Å². The van der Waals surface area contributed by atoms with Crippen LogP contribution < -0.4 is 0 Å². The highest BCUT2D eigenvalue weighted by atomic mass is 16.6. The van der Waals surface area contributed by atoms with Gasteiger partial charge in [-0.05, 0) is 45.4 Å². The molecule has 7 nitrogen and oxygen atoms in total. The van der Waals surface area contributed by atoms with Crippen LogP contribution in [0.5, 0.6) is 0 Å². The van der Waals surface area contributed by atoms with Gasteiger partial charge in [-0.1, -0.05) is 50.6 Å². The Labute approximate surface area is 209 Å². The van der Waals surface area contributed by atoms with Crippen molar-refractivity contribution in [3.05, 3.63) is 36.0 Å². The molecule has 0 aromatic carbocycles. The van der Waals surface area contributed by atoms with Gasteiger partial charge in [-0.15, -0.1) is 0 Å². The Bertz CT molecular complexity index is 838. The molecule has 35 heavy (non-hydrogen) atoms. The number of Topliss-reactive ketones (excluding diaryl/α,β-unsaturated/α-hetero) is 1. The molecule has 3 saturated heterocycles. The van der Waals surface area contributed by atoms with Gasteiger partial charge in [0, 0.05) is 18.9 Å². The normalized spacial score (nSPS) is 37.9. The zero-order valence-electron chi connectivity index (χ0n) is 21.9. The number of ether oxygens (including phenoxy) is 4. The predicted molar refractivity (Wildman–Crippen MR) is 133 cm³/mol. The van der Waals surface area contributed by atoms with Gasteiger partial charge in [-0.25, -0.2) is 4.79 Å². The van der Waals surface area contributed by atoms with E-state index in [1.54, 1.807) is 6.92 Å². The molecule has 1 N–H and O–H groups in total. The fraction of sp³-hybridized carbons (Fsp3) is 0.714. The Morgan fingerprint density at radius 1 is 1.17 bits per heavy atom. The molecule has 0 bridgehead atoms. The van der Waals surface area contributed by atoms with Gasteiger partial charge in [0.05, 0.1) is 24.9 Å². The molecule has 0 amide bonds. The molecular formula is C28H42O7. The maximum absolute atomic E-state index is 12.1. The lowest BCUT2D eigenvalue weighted by atomic mass is 9.87. The number of allylic oxidation sites excluding steroid dienone is 3. The Kier molecular flexibility index (Phi) is 9.49. The first-order chi connectivity index (χ1) is 16.5. The largest absolute Gasteiger partial charge is 0.456 e. The Morgan fingerprint density at radius 2 is 1.89 bits per heavy atom. The summed E-state index contributed by atoms with van der Waals surface area (Å²) in [5.41, 5.74) is 0.466. The van der Waals surface area contributed by atoms with Crippen LogP contribution in [-0.4, -0.2) is 65.7 Å². The first kappa shape index (κ1) is 27.8. The van der Waals surface area contributed by atoms with Gasteiger partial charge in [0.25, 0.3) is 0 Å². The molecule has 7 heteroatoms. The molecule has 1 spiro atoms. The highest BCUT2D eigenvalue weighted by Gasteiger charge is 2.58. The minimum absolute atomic E-state index is 0.0362. The molecule has 0 aromatic rings. The average molecular weight is 491 g/mol. The number of rotatable bonds is 9. The minimum Gasteiger partial charge on any atom is -0.456 e. The molecule has 0 aromatic heterocycles. The molecule has 3 aliphatic heterocycles. The van der Waals surface area contributed by atoms with Gasteiger partial charge in [-0.3, -0.25) is 4.79 Å². The molecule has 3 aliphatic rings. The third-order valence-corrected chi connectivity index (χ3v) is 7.06. The second-order valence-electron chi connectivity index (χ2n) is 10.8. The van der Waals surface area contributed by atoms with E-state index in [0.29, 0.717) is 25.4 Å². The lowest BCUT2D eigenvalue weighted by molar-refractivity contribution is -0.172. The summed E-state index contributed by atoms with van der Waals surface area (Å²) in [6.45, 7) is 12.2. The van der Waals surface area contributed by atoms with E-state index in [1.165, 1.54) is 6.08 Å². The first-order valence-electron chi connectivity index (χ1n) is 12.8. The van der Waals surface area contributed by atoms with Crippen LogP contribution in [0.3, 0.4) is 0 Å². The van der Waals surface area contributed by atoms with Crippen LogP contribution in [0.1, 0.15) is 67.2 Å². The smallest absolute Gasteiger partial charge is 0.330 e. The number of ketones is 1. The molecule has 0 saturated carbocycles. The number of epoxide rings is 1. The second-order valence-corrected chi connectivity index (χ2v) is 10.8. The summed E-state index contributed by atoms with van der Waals surface area (Å²) in [5.74, 6) is 0.296. The maximum Gasteiger partial charge on any atom is 0.330 e. The van der Waals surface area contributed by atoms with Gasteiger partial charge < -0.3 is 24.1 Å². The number of carbonyl (C=O) groups excluding carboxylic acids is 2. The van der Waals surface area contributed by atoms with Crippen molar-refractivity contribution in [1.82, 2.24) is 0 Å². The van der Waals surface area contributed by atoms with Crippen LogP contribution in [0.2, 0.25) is 0 Å². The zero-order valence-corrected chi connectivity index (χ0v) is 21.9. The van der Waals surface area contributed by atoms with Crippen LogP contribution in [0.25, 0.3) is 0 Å². The summed E-state index contributed by atoms with van der Waals surface area (Å²) in [4.78, 5) is 23.6. The highest BCUT2D eigenvalue weighted by Crippen LogP contribution is 2.43. The van der Waals surface area contributed by atoms with Crippen molar-refractivity contribution in [1.29, 1.82) is 0 Å². The van der Waals surface area contributed by atoms with E-state index in [9.17, 15) is 14.7 Å². The van der Waals surface area contributed by atoms with E-state index in [0.717, 1.165) is 18.4 Å². The fourth-order valence-corrected chi connectivity index (χ4v) is 4.84. The fourth-order valence-electron chi connectivity index (χ4n) is 4.84. The number of aliphatic hydroxyl groups is 1. The average Bonchev–Trinajstić information content (AvgIpc) is 3.54. The van der Waals surface area contributed by atoms with E-state index >= 15 is 0 Å². The summed E-state index contributed by atoms with van der Waals surface area (Å²) >= 11 is 0. The van der Waals surface area contributed by atoms with Crippen LogP contribution in [0.4, 0.5) is 0 Å². The van der Waals surface area contributed by atoms with Crippen molar-refractivity contribution in [2.45, 2.75) is 109 Å². The van der Waals surface area contributed by atoms with Gasteiger partial charge in [-0.2, -0.15) is 0 Å². The summed E-state index contributed by atoms with van der Waals surface area (Å²) in [7, 11) is 0. The van der Waals surface area contributed by atoms with E-state index in [1.807, 2.05) is 45.9 Å². The molecule has 196 valence electrons. The number of hydrogen-bond donors (Lipinski definition) is 1. The molecular weight excluding hydrogens is 448 g/mol. The minimum atomic E-state index is -0.743. The molecule has 0 radical (unpaired) electrons. The highest BCUT2D eigenvalue weighted by molar-refractivity contribution is 5.82. The zero-order chi connectivity index (χ0) is 25.8. The van der Waals surface area contributed by atoms with Crippen molar-refractivity contribution < 1.29 is 33.6 Å². The summed E-state index contributed by atoms with van der Waals surface area (Å²) < 4.78 is 23.4. The SMILES string of the molecule is CC(=O)C[C@@H]1C[C@@]2(CO2)[C@H](O)[C@@H](/C=C/C(C)=C/C[C@@H]2O[C@H](C)[C@H](OC(=O)/C=C\C(C)C)C[C@@H]2C)O1. The lowest BCUT2D eigenvalue weighted by Crippen LogP contribution is -2.50. The lowest BCUT2D eigenvalue weighted by Gasteiger charge is -2.38. The molecule has 8 atom stereocenters. The van der Waals surface area contributed by atoms with Crippen molar-refractivity contribution in [2.24, 2.45) is 11.8 Å². The van der Waals surface area contributed by atoms with Crippen molar-refractivity contribution >= 4 is 11.8 Å². The van der Waals surface area contributed by atoms with Crippen LogP contribution in [0, 0.1) is 11.8 Å². The molecule has 0 unspecified atom stereocenters. The van der Waals surface area contributed by atoms with Gasteiger partial charge in [0.2, 0.25) is 0 Å². The number of esters is 1. The van der Waals surface area contributed by atoms with E-state index in [4.69, 9.17) is 18.9 Å². The van der Waals surface area contributed by atoms with Crippen LogP contribution in [0.15, 0.2) is 36.0 Å². The third kappa shape index (κ3) is 7.84. The summed E-state index contributed by atoms with van der Waals surface area (Å²) in [6, 6.07) is 0. The van der Waals surface area contributed by atoms with Crippen molar-refractivity contribution in [3.8, 4) is 0 Å². The summed E-state index contributed by atoms with van der Waals surface area (Å²) in [6.07, 6.45) is 9.77. The van der Waals surface area contributed by atoms with Gasteiger partial charge in [0.15, 0.2) is 0 Å². The Morgan fingerprint density at radius 3 is 2.51 bits per heavy atom. The quantitative estimate of drug-likeness (QED) is 0.225. The number of carbonyl (C=O) groups is 2. The first-order valence-corrected chi connectivity index (χ1v) is 12.8. The Balaban J connectivity index is 1.52. The molecule has 3 rings (SSSR count). The van der Waals surface area contributed by atoms with Gasteiger partial charge in [0.1, 0.15) is 29.7 Å². The van der Waals surface area contributed by atoms with Crippen molar-refractivity contribution in [3.63, 3.8) is 0 Å². The van der Waals surface area contributed by atoms with Crippen molar-refractivity contribution in [2.75, 3.05) is 6.61 Å².